The van der Waals surface area contributed by atoms with Gasteiger partial charge in [-0.1, -0.05) is 19.4 Å². The summed E-state index contributed by atoms with van der Waals surface area (Å²) in [6.45, 7) is 9.31. The Morgan fingerprint density at radius 2 is 1.96 bits per heavy atom. The average molecular weight is 500 g/mol. The molecular formula is C20H33IN6O. The van der Waals surface area contributed by atoms with Crippen molar-refractivity contribution in [1.82, 2.24) is 25.4 Å². The number of nitrogens with one attached hydrogen (secondary N) is 2. The lowest BCUT2D eigenvalue weighted by molar-refractivity contribution is 0.129. The molecule has 0 aliphatic heterocycles. The fourth-order valence-electron chi connectivity index (χ4n) is 2.64. The number of guanidine groups is 1. The number of pyridine rings is 1. The van der Waals surface area contributed by atoms with Crippen LogP contribution in [0.25, 0.3) is 5.82 Å². The van der Waals surface area contributed by atoms with E-state index in [1.807, 2.05) is 36.9 Å². The van der Waals surface area contributed by atoms with Crippen molar-refractivity contribution in [2.24, 2.45) is 4.99 Å². The Morgan fingerprint density at radius 3 is 2.57 bits per heavy atom. The van der Waals surface area contributed by atoms with E-state index in [-0.39, 0.29) is 24.0 Å². The van der Waals surface area contributed by atoms with Crippen LogP contribution in [0, 0.1) is 13.8 Å². The van der Waals surface area contributed by atoms with E-state index >= 15 is 0 Å². The van der Waals surface area contributed by atoms with Gasteiger partial charge in [-0.05, 0) is 44.4 Å². The summed E-state index contributed by atoms with van der Waals surface area (Å²) in [5.74, 6) is 1.61. The zero-order valence-electron chi connectivity index (χ0n) is 17.4. The number of hydrogen-bond donors (Lipinski definition) is 2. The van der Waals surface area contributed by atoms with E-state index in [4.69, 9.17) is 4.74 Å². The molecule has 0 aromatic carbocycles. The Balaban J connectivity index is 0.00000392. The van der Waals surface area contributed by atoms with E-state index in [2.05, 4.69) is 38.7 Å². The van der Waals surface area contributed by atoms with Crippen molar-refractivity contribution in [2.75, 3.05) is 26.8 Å². The number of aryl methyl sites for hydroxylation is 2. The molecule has 0 aliphatic carbocycles. The van der Waals surface area contributed by atoms with Gasteiger partial charge >= 0.3 is 0 Å². The standard InChI is InChI=1S/C20H32N6O.HI/c1-5-6-11-27-12-7-10-22-20(21-4)24-15-18-8-9-19(23-14-18)26-17(3)13-16(2)25-26;/h8-9,13-14H,5-7,10-12,15H2,1-4H3,(H2,21,22,24);1H. The number of ether oxygens (including phenoxy) is 1. The van der Waals surface area contributed by atoms with Gasteiger partial charge in [-0.2, -0.15) is 5.10 Å². The molecule has 0 spiro atoms. The van der Waals surface area contributed by atoms with E-state index in [0.717, 1.165) is 61.3 Å². The fraction of sp³-hybridized carbons (Fsp3) is 0.550. The minimum Gasteiger partial charge on any atom is -0.381 e. The molecule has 7 nitrogen and oxygen atoms in total. The number of aliphatic imine (C=N–C) groups is 1. The first kappa shape index (κ1) is 24.4. The summed E-state index contributed by atoms with van der Waals surface area (Å²) in [6, 6.07) is 6.09. The van der Waals surface area contributed by atoms with Gasteiger partial charge in [0.15, 0.2) is 11.8 Å². The van der Waals surface area contributed by atoms with Gasteiger partial charge in [-0.25, -0.2) is 9.67 Å². The molecular weight excluding hydrogens is 467 g/mol. The lowest BCUT2D eigenvalue weighted by atomic mass is 10.3. The highest BCUT2D eigenvalue weighted by Gasteiger charge is 2.05. The van der Waals surface area contributed by atoms with Gasteiger partial charge in [-0.3, -0.25) is 4.99 Å². The fourth-order valence-corrected chi connectivity index (χ4v) is 2.64. The van der Waals surface area contributed by atoms with E-state index in [1.54, 1.807) is 7.05 Å². The predicted molar refractivity (Wildman–Crippen MR) is 125 cm³/mol. The monoisotopic (exact) mass is 500 g/mol. The van der Waals surface area contributed by atoms with Crippen LogP contribution >= 0.6 is 24.0 Å². The Morgan fingerprint density at radius 1 is 1.18 bits per heavy atom. The Labute approximate surface area is 185 Å². The maximum absolute atomic E-state index is 5.56. The Bertz CT molecular complexity index is 714. The lowest BCUT2D eigenvalue weighted by Crippen LogP contribution is -2.37. The maximum Gasteiger partial charge on any atom is 0.191 e. The highest BCUT2D eigenvalue weighted by molar-refractivity contribution is 14.0. The zero-order chi connectivity index (χ0) is 19.5. The molecule has 0 radical (unpaired) electrons. The molecule has 0 amide bonds. The van der Waals surface area contributed by atoms with Crippen molar-refractivity contribution in [3.05, 3.63) is 41.3 Å². The van der Waals surface area contributed by atoms with Crippen molar-refractivity contribution in [2.45, 2.75) is 46.6 Å². The second-order valence-corrected chi connectivity index (χ2v) is 6.54. The summed E-state index contributed by atoms with van der Waals surface area (Å²) in [5.41, 5.74) is 3.16. The second kappa shape index (κ2) is 13.5. The first-order valence-corrected chi connectivity index (χ1v) is 9.65. The Hall–Kier alpha value is -1.68. The molecule has 0 unspecified atom stereocenters. The van der Waals surface area contributed by atoms with E-state index in [9.17, 15) is 0 Å². The Kier molecular flexibility index (Phi) is 11.7. The average Bonchev–Trinajstić information content (AvgIpc) is 3.02. The molecule has 0 fully saturated rings. The number of hydrogen-bond acceptors (Lipinski definition) is 4. The normalized spacial score (nSPS) is 11.2. The third kappa shape index (κ3) is 8.14. The van der Waals surface area contributed by atoms with E-state index < -0.39 is 0 Å². The van der Waals surface area contributed by atoms with Gasteiger partial charge in [0.25, 0.3) is 0 Å². The van der Waals surface area contributed by atoms with Crippen LogP contribution in [-0.4, -0.2) is 47.5 Å². The number of rotatable bonds is 10. The topological polar surface area (TPSA) is 76.4 Å². The van der Waals surface area contributed by atoms with Gasteiger partial charge in [0.2, 0.25) is 0 Å². The van der Waals surface area contributed by atoms with Crippen LogP contribution in [0.1, 0.15) is 43.1 Å². The summed E-state index contributed by atoms with van der Waals surface area (Å²) in [6.07, 6.45) is 5.13. The van der Waals surface area contributed by atoms with E-state index in [0.29, 0.717) is 6.54 Å². The SMILES string of the molecule is CCCCOCCCNC(=NC)NCc1ccc(-n2nc(C)cc2C)nc1.I. The molecule has 28 heavy (non-hydrogen) atoms. The van der Waals surface area contributed by atoms with Crippen LogP contribution < -0.4 is 10.6 Å². The molecule has 0 bridgehead atoms. The second-order valence-electron chi connectivity index (χ2n) is 6.54. The predicted octanol–water partition coefficient (Wildman–Crippen LogP) is 3.37. The zero-order valence-corrected chi connectivity index (χ0v) is 19.7. The van der Waals surface area contributed by atoms with Crippen LogP contribution in [0.3, 0.4) is 0 Å². The largest absolute Gasteiger partial charge is 0.381 e. The number of aromatic nitrogens is 3. The molecule has 0 saturated carbocycles. The lowest BCUT2D eigenvalue weighted by Gasteiger charge is -2.12. The van der Waals surface area contributed by atoms with Crippen LogP contribution in [0.5, 0.6) is 0 Å². The van der Waals surface area contributed by atoms with Crippen LogP contribution in [0.4, 0.5) is 0 Å². The first-order valence-electron chi connectivity index (χ1n) is 9.65. The highest BCUT2D eigenvalue weighted by atomic mass is 127. The maximum atomic E-state index is 5.56. The number of nitrogens with zero attached hydrogens (tertiary/aromatic N) is 4. The van der Waals surface area contributed by atoms with E-state index in [1.165, 1.54) is 6.42 Å². The summed E-state index contributed by atoms with van der Waals surface area (Å²) in [7, 11) is 1.78. The highest BCUT2D eigenvalue weighted by Crippen LogP contribution is 2.10. The number of halogens is 1. The van der Waals surface area contributed by atoms with Crippen LogP contribution in [0.15, 0.2) is 29.4 Å². The molecule has 2 aromatic rings. The molecule has 2 N–H and O–H groups in total. The number of unbranched alkanes of at least 4 members (excludes halogenated alkanes) is 1. The summed E-state index contributed by atoms with van der Waals surface area (Å²) < 4.78 is 7.42. The van der Waals surface area contributed by atoms with Gasteiger partial charge < -0.3 is 15.4 Å². The van der Waals surface area contributed by atoms with Gasteiger partial charge in [0.05, 0.1) is 5.69 Å². The third-order valence-corrected chi connectivity index (χ3v) is 4.12. The molecule has 156 valence electrons. The summed E-state index contributed by atoms with van der Waals surface area (Å²) >= 11 is 0. The quantitative estimate of drug-likeness (QED) is 0.227. The smallest absolute Gasteiger partial charge is 0.191 e. The first-order chi connectivity index (χ1) is 13.1. The molecule has 2 rings (SSSR count). The van der Waals surface area contributed by atoms with Crippen molar-refractivity contribution in [1.29, 1.82) is 0 Å². The minimum atomic E-state index is 0. The van der Waals surface area contributed by atoms with Gasteiger partial charge in [-0.15, -0.1) is 24.0 Å². The molecule has 8 heteroatoms. The third-order valence-electron chi connectivity index (χ3n) is 4.12. The van der Waals surface area contributed by atoms with Crippen LogP contribution in [-0.2, 0) is 11.3 Å². The van der Waals surface area contributed by atoms with Crippen LogP contribution in [0.2, 0.25) is 0 Å². The molecule has 0 atom stereocenters. The molecule has 0 saturated heterocycles. The van der Waals surface area contributed by atoms with Crippen molar-refractivity contribution < 1.29 is 4.74 Å². The van der Waals surface area contributed by atoms with Crippen molar-refractivity contribution >= 4 is 29.9 Å². The summed E-state index contributed by atoms with van der Waals surface area (Å²) in [5, 5.41) is 11.1. The van der Waals surface area contributed by atoms with Crippen molar-refractivity contribution in [3.8, 4) is 5.82 Å². The van der Waals surface area contributed by atoms with Gasteiger partial charge in [0, 0.05) is 45.2 Å². The minimum absolute atomic E-state index is 0. The van der Waals surface area contributed by atoms with Crippen molar-refractivity contribution in [3.63, 3.8) is 0 Å². The molecule has 0 aliphatic rings. The molecule has 2 aromatic heterocycles. The summed E-state index contributed by atoms with van der Waals surface area (Å²) in [4.78, 5) is 8.77. The van der Waals surface area contributed by atoms with Gasteiger partial charge in [0.1, 0.15) is 0 Å². The molecule has 2 heterocycles.